The second-order valence-corrected chi connectivity index (χ2v) is 5.07. The molecule has 0 saturated heterocycles. The van der Waals surface area contributed by atoms with Crippen molar-refractivity contribution in [3.63, 3.8) is 0 Å². The number of benzene rings is 1. The Morgan fingerprint density at radius 1 is 1.00 bits per heavy atom. The van der Waals surface area contributed by atoms with Gasteiger partial charge in [-0.15, -0.1) is 11.3 Å². The van der Waals surface area contributed by atoms with E-state index in [0.717, 1.165) is 17.4 Å². The second kappa shape index (κ2) is 4.76. The molecule has 0 saturated carbocycles. The molecule has 0 unspecified atom stereocenters. The van der Waals surface area contributed by atoms with Gasteiger partial charge in [-0.3, -0.25) is 0 Å². The molecule has 0 atom stereocenters. The topological polar surface area (TPSA) is 12.9 Å². The first kappa shape index (κ1) is 14.8. The predicted octanol–water partition coefficient (Wildman–Crippen LogP) is 5.16. The van der Waals surface area contributed by atoms with Gasteiger partial charge in [0.05, 0.1) is 21.8 Å². The van der Waals surface area contributed by atoms with E-state index < -0.39 is 23.5 Å². The lowest BCUT2D eigenvalue weighted by molar-refractivity contribution is -0.142. The Bertz CT molecular complexity index is 626. The van der Waals surface area contributed by atoms with E-state index in [9.17, 15) is 26.3 Å². The Hall–Kier alpha value is -1.57. The number of aromatic nitrogens is 1. The lowest BCUT2D eigenvalue weighted by atomic mass is 10.0. The molecular weight excluding hydrogens is 304 g/mol. The summed E-state index contributed by atoms with van der Waals surface area (Å²) in [6.45, 7) is 1.60. The third-order valence-electron chi connectivity index (χ3n) is 2.55. The molecule has 0 amide bonds. The minimum Gasteiger partial charge on any atom is -0.242 e. The van der Waals surface area contributed by atoms with Gasteiger partial charge in [-0.1, -0.05) is 6.07 Å². The van der Waals surface area contributed by atoms with E-state index in [4.69, 9.17) is 0 Å². The van der Waals surface area contributed by atoms with E-state index in [-0.39, 0.29) is 17.3 Å². The summed E-state index contributed by atoms with van der Waals surface area (Å²) in [6.07, 6.45) is -9.70. The second-order valence-electron chi connectivity index (χ2n) is 4.01. The van der Waals surface area contributed by atoms with Crippen LogP contribution in [0, 0.1) is 6.92 Å². The van der Waals surface area contributed by atoms with Crippen molar-refractivity contribution < 1.29 is 26.3 Å². The summed E-state index contributed by atoms with van der Waals surface area (Å²) < 4.78 is 76.3. The van der Waals surface area contributed by atoms with Crippen LogP contribution in [0.1, 0.15) is 16.1 Å². The van der Waals surface area contributed by atoms with Gasteiger partial charge in [-0.25, -0.2) is 4.98 Å². The largest absolute Gasteiger partial charge is 0.417 e. The van der Waals surface area contributed by atoms with Gasteiger partial charge in [0.25, 0.3) is 0 Å². The monoisotopic (exact) mass is 311 g/mol. The van der Waals surface area contributed by atoms with Gasteiger partial charge >= 0.3 is 12.4 Å². The Kier molecular flexibility index (Phi) is 3.53. The van der Waals surface area contributed by atoms with Crippen molar-refractivity contribution in [2.24, 2.45) is 0 Å². The van der Waals surface area contributed by atoms with Crippen molar-refractivity contribution in [3.8, 4) is 11.3 Å². The molecule has 0 aliphatic rings. The normalized spacial score (nSPS) is 12.8. The number of thiazole rings is 1. The summed E-state index contributed by atoms with van der Waals surface area (Å²) in [6, 6.07) is 1.55. The zero-order valence-corrected chi connectivity index (χ0v) is 10.7. The van der Waals surface area contributed by atoms with Crippen molar-refractivity contribution in [3.05, 3.63) is 39.7 Å². The maximum atomic E-state index is 12.9. The number of rotatable bonds is 1. The van der Waals surface area contributed by atoms with E-state index in [1.54, 1.807) is 6.92 Å². The van der Waals surface area contributed by atoms with Gasteiger partial charge in [0.1, 0.15) is 0 Å². The fourth-order valence-electron chi connectivity index (χ4n) is 1.67. The third-order valence-corrected chi connectivity index (χ3v) is 3.32. The van der Waals surface area contributed by atoms with Gasteiger partial charge in [0, 0.05) is 10.9 Å². The summed E-state index contributed by atoms with van der Waals surface area (Å²) in [5.74, 6) is 0. The van der Waals surface area contributed by atoms with E-state index in [1.165, 1.54) is 5.38 Å². The number of nitrogens with zero attached hydrogens (tertiary/aromatic N) is 1. The smallest absolute Gasteiger partial charge is 0.242 e. The summed E-state index contributed by atoms with van der Waals surface area (Å²) in [5.41, 5.74) is -3.00. The first-order valence-corrected chi connectivity index (χ1v) is 6.18. The fraction of sp³-hybridized carbons (Fsp3) is 0.250. The molecule has 1 aromatic heterocycles. The molecule has 0 N–H and O–H groups in total. The fourth-order valence-corrected chi connectivity index (χ4v) is 2.28. The van der Waals surface area contributed by atoms with E-state index >= 15 is 0 Å². The minimum absolute atomic E-state index is 0.0218. The van der Waals surface area contributed by atoms with Crippen LogP contribution in [0.4, 0.5) is 26.3 Å². The molecule has 1 aromatic carbocycles. The van der Waals surface area contributed by atoms with Crippen LogP contribution in [0.25, 0.3) is 11.3 Å². The molecule has 1 nitrogen and oxygen atoms in total. The van der Waals surface area contributed by atoms with E-state index in [0.29, 0.717) is 11.1 Å². The average molecular weight is 311 g/mol. The zero-order valence-electron chi connectivity index (χ0n) is 9.93. The standard InChI is InChI=1S/C12H7F6NS/c1-6-19-10(5-20-6)8-3-2-7(11(13,14)15)4-9(8)12(16,17)18/h2-5H,1H3. The predicted molar refractivity (Wildman–Crippen MR) is 62.3 cm³/mol. The molecule has 8 heteroatoms. The number of alkyl halides is 6. The molecule has 0 bridgehead atoms. The zero-order chi connectivity index (χ0) is 15.1. The van der Waals surface area contributed by atoms with Gasteiger partial charge in [0.2, 0.25) is 0 Å². The number of halogens is 6. The van der Waals surface area contributed by atoms with Crippen molar-refractivity contribution in [1.82, 2.24) is 4.98 Å². The van der Waals surface area contributed by atoms with Crippen LogP contribution >= 0.6 is 11.3 Å². The molecular formula is C12H7F6NS. The van der Waals surface area contributed by atoms with Crippen molar-refractivity contribution in [2.75, 3.05) is 0 Å². The lowest BCUT2D eigenvalue weighted by Gasteiger charge is -2.14. The quantitative estimate of drug-likeness (QED) is 0.663. The summed E-state index contributed by atoms with van der Waals surface area (Å²) >= 11 is 1.13. The van der Waals surface area contributed by atoms with Crippen LogP contribution in [0.15, 0.2) is 23.6 Å². The minimum atomic E-state index is -4.88. The Labute approximate surface area is 113 Å². The Balaban J connectivity index is 2.64. The van der Waals surface area contributed by atoms with Crippen LogP contribution in [-0.4, -0.2) is 4.98 Å². The average Bonchev–Trinajstić information content (AvgIpc) is 2.72. The van der Waals surface area contributed by atoms with Crippen LogP contribution in [-0.2, 0) is 12.4 Å². The maximum absolute atomic E-state index is 12.9. The molecule has 2 aromatic rings. The highest BCUT2D eigenvalue weighted by Crippen LogP contribution is 2.40. The third kappa shape index (κ3) is 2.95. The molecule has 1 heterocycles. The molecule has 20 heavy (non-hydrogen) atoms. The lowest BCUT2D eigenvalue weighted by Crippen LogP contribution is -2.12. The summed E-state index contributed by atoms with van der Waals surface area (Å²) in [7, 11) is 0. The Morgan fingerprint density at radius 3 is 2.10 bits per heavy atom. The van der Waals surface area contributed by atoms with Gasteiger partial charge in [-0.2, -0.15) is 26.3 Å². The molecule has 0 spiro atoms. The number of aryl methyl sites for hydroxylation is 1. The SMILES string of the molecule is Cc1nc(-c2ccc(C(F)(F)F)cc2C(F)(F)F)cs1. The highest BCUT2D eigenvalue weighted by Gasteiger charge is 2.38. The summed E-state index contributed by atoms with van der Waals surface area (Å²) in [4.78, 5) is 3.88. The molecule has 0 fully saturated rings. The molecule has 108 valence electrons. The first-order chi connectivity index (χ1) is 9.09. The van der Waals surface area contributed by atoms with Gasteiger partial charge in [-0.05, 0) is 19.1 Å². The highest BCUT2D eigenvalue weighted by molar-refractivity contribution is 7.09. The summed E-state index contributed by atoms with van der Waals surface area (Å²) in [5, 5.41) is 1.92. The van der Waals surface area contributed by atoms with Crippen LogP contribution in [0.3, 0.4) is 0 Å². The van der Waals surface area contributed by atoms with E-state index in [2.05, 4.69) is 4.98 Å². The van der Waals surface area contributed by atoms with Crippen molar-refractivity contribution in [2.45, 2.75) is 19.3 Å². The highest BCUT2D eigenvalue weighted by atomic mass is 32.1. The number of hydrogen-bond acceptors (Lipinski definition) is 2. The molecule has 0 radical (unpaired) electrons. The van der Waals surface area contributed by atoms with Crippen molar-refractivity contribution >= 4 is 11.3 Å². The van der Waals surface area contributed by atoms with Gasteiger partial charge in [0.15, 0.2) is 0 Å². The van der Waals surface area contributed by atoms with Crippen molar-refractivity contribution in [1.29, 1.82) is 0 Å². The van der Waals surface area contributed by atoms with E-state index in [1.807, 2.05) is 0 Å². The van der Waals surface area contributed by atoms with Crippen LogP contribution < -0.4 is 0 Å². The first-order valence-electron chi connectivity index (χ1n) is 5.30. The maximum Gasteiger partial charge on any atom is 0.417 e. The molecule has 0 aliphatic carbocycles. The Morgan fingerprint density at radius 2 is 1.65 bits per heavy atom. The number of hydrogen-bond donors (Lipinski definition) is 0. The molecule has 2 rings (SSSR count). The van der Waals surface area contributed by atoms with Gasteiger partial charge < -0.3 is 0 Å². The van der Waals surface area contributed by atoms with Crippen LogP contribution in [0.2, 0.25) is 0 Å². The van der Waals surface area contributed by atoms with Crippen LogP contribution in [0.5, 0.6) is 0 Å². The molecule has 0 aliphatic heterocycles.